The van der Waals surface area contributed by atoms with Crippen LogP contribution in [0.15, 0.2) is 47.5 Å². The molecule has 0 spiro atoms. The second kappa shape index (κ2) is 4.49. The van der Waals surface area contributed by atoms with Gasteiger partial charge in [0, 0.05) is 16.7 Å². The Balaban J connectivity index is 2.49. The van der Waals surface area contributed by atoms with Crippen LogP contribution < -0.4 is 0 Å². The maximum atomic E-state index is 4.41. The molecule has 0 saturated heterocycles. The summed E-state index contributed by atoms with van der Waals surface area (Å²) in [5, 5.41) is 0. The molecule has 2 heteroatoms. The van der Waals surface area contributed by atoms with Gasteiger partial charge in [0.15, 0.2) is 0 Å². The highest BCUT2D eigenvalue weighted by Gasteiger charge is 2.02. The molecule has 0 bridgehead atoms. The number of nitrogens with zero attached hydrogens (tertiary/aromatic N) is 1. The highest BCUT2D eigenvalue weighted by Crippen LogP contribution is 2.24. The van der Waals surface area contributed by atoms with Gasteiger partial charge in [0.05, 0.1) is 5.69 Å². The van der Waals surface area contributed by atoms with Crippen LogP contribution in [0.25, 0.3) is 11.3 Å². The Bertz CT molecular complexity index is 466. The maximum Gasteiger partial charge on any atom is 0.0715 e. The van der Waals surface area contributed by atoms with Crippen molar-refractivity contribution >= 4 is 11.8 Å². The van der Waals surface area contributed by atoms with Crippen molar-refractivity contribution in [3.05, 3.63) is 48.2 Å². The van der Waals surface area contributed by atoms with E-state index < -0.39 is 0 Å². The van der Waals surface area contributed by atoms with Crippen molar-refractivity contribution in [2.24, 2.45) is 0 Å². The van der Waals surface area contributed by atoms with Crippen molar-refractivity contribution in [1.82, 2.24) is 4.98 Å². The minimum atomic E-state index is 1.06. The van der Waals surface area contributed by atoms with E-state index in [0.717, 1.165) is 5.69 Å². The van der Waals surface area contributed by atoms with Gasteiger partial charge in [-0.1, -0.05) is 24.3 Å². The Morgan fingerprint density at radius 3 is 2.67 bits per heavy atom. The first-order valence-corrected chi connectivity index (χ1v) is 6.10. The Kier molecular flexibility index (Phi) is 3.07. The first-order chi connectivity index (χ1) is 7.31. The molecular formula is C13H13NS. The molecule has 0 amide bonds. The molecule has 0 saturated carbocycles. The summed E-state index contributed by atoms with van der Waals surface area (Å²) in [6.45, 7) is 2.11. The summed E-state index contributed by atoms with van der Waals surface area (Å²) >= 11 is 1.74. The van der Waals surface area contributed by atoms with Crippen LogP contribution in [0.4, 0.5) is 0 Å². The SMILES string of the molecule is CSc1ccnc(-c2ccccc2C)c1. The summed E-state index contributed by atoms with van der Waals surface area (Å²) in [6.07, 6.45) is 3.95. The highest BCUT2D eigenvalue weighted by atomic mass is 32.2. The van der Waals surface area contributed by atoms with E-state index in [1.807, 2.05) is 12.3 Å². The lowest BCUT2D eigenvalue weighted by atomic mass is 10.1. The molecule has 0 aliphatic heterocycles. The van der Waals surface area contributed by atoms with Crippen molar-refractivity contribution in [3.8, 4) is 11.3 Å². The van der Waals surface area contributed by atoms with Gasteiger partial charge in [-0.25, -0.2) is 0 Å². The lowest BCUT2D eigenvalue weighted by molar-refractivity contribution is 1.25. The molecule has 1 nitrogen and oxygen atoms in total. The molecule has 15 heavy (non-hydrogen) atoms. The van der Waals surface area contributed by atoms with E-state index in [1.54, 1.807) is 11.8 Å². The van der Waals surface area contributed by atoms with Crippen molar-refractivity contribution in [1.29, 1.82) is 0 Å². The normalized spacial score (nSPS) is 10.3. The second-order valence-electron chi connectivity index (χ2n) is 3.40. The quantitative estimate of drug-likeness (QED) is 0.707. The van der Waals surface area contributed by atoms with Crippen LogP contribution >= 0.6 is 11.8 Å². The molecule has 76 valence electrons. The largest absolute Gasteiger partial charge is 0.256 e. The van der Waals surface area contributed by atoms with Crippen LogP contribution in [0.2, 0.25) is 0 Å². The molecule has 1 aromatic carbocycles. The fraction of sp³-hybridized carbons (Fsp3) is 0.154. The zero-order valence-corrected chi connectivity index (χ0v) is 9.71. The summed E-state index contributed by atoms with van der Waals surface area (Å²) in [6, 6.07) is 12.5. The first kappa shape index (κ1) is 10.2. The number of rotatable bonds is 2. The van der Waals surface area contributed by atoms with Crippen molar-refractivity contribution in [2.75, 3.05) is 6.26 Å². The Morgan fingerprint density at radius 2 is 1.93 bits per heavy atom. The topological polar surface area (TPSA) is 12.9 Å². The Morgan fingerprint density at radius 1 is 1.13 bits per heavy atom. The van der Waals surface area contributed by atoms with Crippen LogP contribution in [-0.4, -0.2) is 11.2 Å². The predicted octanol–water partition coefficient (Wildman–Crippen LogP) is 3.78. The zero-order chi connectivity index (χ0) is 10.7. The smallest absolute Gasteiger partial charge is 0.0715 e. The minimum absolute atomic E-state index is 1.06. The fourth-order valence-electron chi connectivity index (χ4n) is 1.55. The summed E-state index contributed by atoms with van der Waals surface area (Å²) in [4.78, 5) is 5.66. The number of aryl methyl sites for hydroxylation is 1. The fourth-order valence-corrected chi connectivity index (χ4v) is 1.97. The predicted molar refractivity (Wildman–Crippen MR) is 66.2 cm³/mol. The molecule has 1 aromatic heterocycles. The van der Waals surface area contributed by atoms with Crippen molar-refractivity contribution < 1.29 is 0 Å². The number of benzene rings is 1. The lowest BCUT2D eigenvalue weighted by Crippen LogP contribution is -1.86. The van der Waals surface area contributed by atoms with E-state index in [0.29, 0.717) is 0 Å². The van der Waals surface area contributed by atoms with Crippen molar-refractivity contribution in [3.63, 3.8) is 0 Å². The van der Waals surface area contributed by atoms with Crippen LogP contribution in [0.3, 0.4) is 0 Å². The third kappa shape index (κ3) is 2.21. The van der Waals surface area contributed by atoms with Gasteiger partial charge in [0.25, 0.3) is 0 Å². The monoisotopic (exact) mass is 215 g/mol. The molecule has 1 heterocycles. The van der Waals surface area contributed by atoms with Gasteiger partial charge in [-0.15, -0.1) is 11.8 Å². The molecule has 0 atom stereocenters. The van der Waals surface area contributed by atoms with Crippen LogP contribution in [0, 0.1) is 6.92 Å². The third-order valence-electron chi connectivity index (χ3n) is 2.39. The van der Waals surface area contributed by atoms with Gasteiger partial charge in [-0.05, 0) is 30.9 Å². The summed E-state index contributed by atoms with van der Waals surface area (Å²) in [5.74, 6) is 0. The lowest BCUT2D eigenvalue weighted by Gasteiger charge is -2.05. The van der Waals surface area contributed by atoms with E-state index in [4.69, 9.17) is 0 Å². The van der Waals surface area contributed by atoms with Crippen LogP contribution in [0.1, 0.15) is 5.56 Å². The minimum Gasteiger partial charge on any atom is -0.256 e. The number of aromatic nitrogens is 1. The zero-order valence-electron chi connectivity index (χ0n) is 8.90. The summed E-state index contributed by atoms with van der Waals surface area (Å²) in [5.41, 5.74) is 3.54. The standard InChI is InChI=1S/C13H13NS/c1-10-5-3-4-6-12(10)13-9-11(15-2)7-8-14-13/h3-9H,1-2H3. The van der Waals surface area contributed by atoms with E-state index in [1.165, 1.54) is 16.0 Å². The number of pyridine rings is 1. The molecule has 0 radical (unpaired) electrons. The Labute approximate surface area is 94.6 Å². The molecule has 2 aromatic rings. The number of thioether (sulfide) groups is 1. The molecule has 2 rings (SSSR count). The van der Waals surface area contributed by atoms with Gasteiger partial charge < -0.3 is 0 Å². The number of hydrogen-bond donors (Lipinski definition) is 0. The van der Waals surface area contributed by atoms with E-state index >= 15 is 0 Å². The highest BCUT2D eigenvalue weighted by molar-refractivity contribution is 7.98. The molecular weight excluding hydrogens is 202 g/mol. The van der Waals surface area contributed by atoms with E-state index in [9.17, 15) is 0 Å². The Hall–Kier alpha value is -1.28. The average molecular weight is 215 g/mol. The van der Waals surface area contributed by atoms with Gasteiger partial charge in [0.2, 0.25) is 0 Å². The van der Waals surface area contributed by atoms with E-state index in [2.05, 4.69) is 48.5 Å². The van der Waals surface area contributed by atoms with Crippen molar-refractivity contribution in [2.45, 2.75) is 11.8 Å². The first-order valence-electron chi connectivity index (χ1n) is 4.87. The molecule has 0 aliphatic carbocycles. The van der Waals surface area contributed by atoms with Gasteiger partial charge in [-0.2, -0.15) is 0 Å². The average Bonchev–Trinajstić information content (AvgIpc) is 2.30. The summed E-state index contributed by atoms with van der Waals surface area (Å²) in [7, 11) is 0. The summed E-state index contributed by atoms with van der Waals surface area (Å²) < 4.78 is 0. The molecule has 0 aliphatic rings. The molecule has 0 N–H and O–H groups in total. The van der Waals surface area contributed by atoms with Gasteiger partial charge in [-0.3, -0.25) is 4.98 Å². The maximum absolute atomic E-state index is 4.41. The molecule has 0 fully saturated rings. The number of hydrogen-bond acceptors (Lipinski definition) is 2. The third-order valence-corrected chi connectivity index (χ3v) is 3.11. The molecule has 0 unspecified atom stereocenters. The van der Waals surface area contributed by atoms with E-state index in [-0.39, 0.29) is 0 Å². The van der Waals surface area contributed by atoms with Gasteiger partial charge in [0.1, 0.15) is 0 Å². The second-order valence-corrected chi connectivity index (χ2v) is 4.28. The van der Waals surface area contributed by atoms with Gasteiger partial charge >= 0.3 is 0 Å². The van der Waals surface area contributed by atoms with Crippen LogP contribution in [0.5, 0.6) is 0 Å². The van der Waals surface area contributed by atoms with Crippen LogP contribution in [-0.2, 0) is 0 Å².